The second-order valence-electron chi connectivity index (χ2n) is 4.46. The molecule has 100 valence electrons. The van der Waals surface area contributed by atoms with Gasteiger partial charge in [0.1, 0.15) is 5.82 Å². The fourth-order valence-electron chi connectivity index (χ4n) is 1.76. The lowest BCUT2D eigenvalue weighted by molar-refractivity contribution is 0.610. The van der Waals surface area contributed by atoms with Gasteiger partial charge in [0.05, 0.1) is 0 Å². The summed E-state index contributed by atoms with van der Waals surface area (Å²) in [6, 6.07) is 11.2. The number of rotatable bonds is 3. The normalized spacial score (nSPS) is 12.5. The van der Waals surface area contributed by atoms with Crippen molar-refractivity contribution < 1.29 is 4.39 Å². The highest BCUT2D eigenvalue weighted by Gasteiger charge is 2.13. The molecule has 0 aromatic heterocycles. The molecule has 0 aliphatic rings. The zero-order valence-corrected chi connectivity index (χ0v) is 13.2. The standard InChI is InChI=1S/C15H15BrFNS/c1-9-7-15(11(10(2)18)8-13(9)17)19-14-6-4-3-5-12(14)16/h3-8,10H,18H2,1-2H3/t10-/m0/s1. The minimum Gasteiger partial charge on any atom is -0.324 e. The van der Waals surface area contributed by atoms with E-state index in [-0.39, 0.29) is 11.9 Å². The first kappa shape index (κ1) is 14.6. The Hall–Kier alpha value is -0.840. The maximum absolute atomic E-state index is 13.7. The van der Waals surface area contributed by atoms with Gasteiger partial charge in [-0.3, -0.25) is 0 Å². The van der Waals surface area contributed by atoms with E-state index < -0.39 is 0 Å². The minimum absolute atomic E-state index is 0.194. The number of benzene rings is 2. The number of halogens is 2. The Labute approximate surface area is 125 Å². The smallest absolute Gasteiger partial charge is 0.126 e. The van der Waals surface area contributed by atoms with Crippen LogP contribution in [0.15, 0.2) is 50.7 Å². The Morgan fingerprint density at radius 2 is 1.89 bits per heavy atom. The van der Waals surface area contributed by atoms with Crippen LogP contribution in [0.1, 0.15) is 24.1 Å². The van der Waals surface area contributed by atoms with E-state index in [2.05, 4.69) is 15.9 Å². The summed E-state index contributed by atoms with van der Waals surface area (Å²) in [5.41, 5.74) is 7.41. The third-order valence-electron chi connectivity index (χ3n) is 2.84. The molecule has 0 bridgehead atoms. The second kappa shape index (κ2) is 6.07. The third-order valence-corrected chi connectivity index (χ3v) is 4.94. The molecular weight excluding hydrogens is 325 g/mol. The molecule has 0 aliphatic heterocycles. The summed E-state index contributed by atoms with van der Waals surface area (Å²) in [5, 5.41) is 0. The van der Waals surface area contributed by atoms with E-state index >= 15 is 0 Å². The summed E-state index contributed by atoms with van der Waals surface area (Å²) in [6.45, 7) is 3.64. The SMILES string of the molecule is Cc1cc(Sc2ccccc2Br)c([C@H](C)N)cc1F. The van der Waals surface area contributed by atoms with Crippen LogP contribution in [0, 0.1) is 12.7 Å². The average molecular weight is 340 g/mol. The van der Waals surface area contributed by atoms with Crippen molar-refractivity contribution in [3.8, 4) is 0 Å². The van der Waals surface area contributed by atoms with Crippen LogP contribution in [0.2, 0.25) is 0 Å². The second-order valence-corrected chi connectivity index (χ2v) is 6.40. The molecule has 0 amide bonds. The van der Waals surface area contributed by atoms with Crippen molar-refractivity contribution in [1.82, 2.24) is 0 Å². The van der Waals surface area contributed by atoms with Gasteiger partial charge in [0.2, 0.25) is 0 Å². The zero-order chi connectivity index (χ0) is 14.0. The molecule has 2 rings (SSSR count). The largest absolute Gasteiger partial charge is 0.324 e. The third kappa shape index (κ3) is 3.38. The fourth-order valence-corrected chi connectivity index (χ4v) is 3.44. The topological polar surface area (TPSA) is 26.0 Å². The summed E-state index contributed by atoms with van der Waals surface area (Å²) in [7, 11) is 0. The summed E-state index contributed by atoms with van der Waals surface area (Å²) < 4.78 is 14.7. The molecule has 0 saturated carbocycles. The molecule has 1 nitrogen and oxygen atoms in total. The lowest BCUT2D eigenvalue weighted by Crippen LogP contribution is -2.07. The van der Waals surface area contributed by atoms with Crippen LogP contribution in [-0.2, 0) is 0 Å². The molecule has 4 heteroatoms. The first-order chi connectivity index (χ1) is 8.99. The molecule has 0 heterocycles. The van der Waals surface area contributed by atoms with Crippen LogP contribution in [0.5, 0.6) is 0 Å². The fraction of sp³-hybridized carbons (Fsp3) is 0.200. The summed E-state index contributed by atoms with van der Waals surface area (Å²) in [5.74, 6) is -0.205. The van der Waals surface area contributed by atoms with E-state index in [1.165, 1.54) is 0 Å². The van der Waals surface area contributed by atoms with Crippen LogP contribution in [0.4, 0.5) is 4.39 Å². The molecule has 0 spiro atoms. The average Bonchev–Trinajstić information content (AvgIpc) is 2.36. The van der Waals surface area contributed by atoms with Gasteiger partial charge in [0.15, 0.2) is 0 Å². The Bertz CT molecular complexity index is 599. The highest BCUT2D eigenvalue weighted by molar-refractivity contribution is 9.10. The molecule has 1 atom stereocenters. The van der Waals surface area contributed by atoms with Gasteiger partial charge in [-0.05, 0) is 65.2 Å². The van der Waals surface area contributed by atoms with E-state index in [9.17, 15) is 4.39 Å². The lowest BCUT2D eigenvalue weighted by atomic mass is 10.1. The van der Waals surface area contributed by atoms with Crippen LogP contribution < -0.4 is 5.73 Å². The molecule has 19 heavy (non-hydrogen) atoms. The van der Waals surface area contributed by atoms with Gasteiger partial charge in [-0.1, -0.05) is 23.9 Å². The van der Waals surface area contributed by atoms with Gasteiger partial charge in [0.25, 0.3) is 0 Å². The molecule has 0 aliphatic carbocycles. The van der Waals surface area contributed by atoms with Gasteiger partial charge < -0.3 is 5.73 Å². The Kier molecular flexibility index (Phi) is 4.66. The van der Waals surface area contributed by atoms with E-state index in [4.69, 9.17) is 5.73 Å². The van der Waals surface area contributed by atoms with Crippen molar-refractivity contribution in [1.29, 1.82) is 0 Å². The van der Waals surface area contributed by atoms with E-state index in [0.29, 0.717) is 5.56 Å². The van der Waals surface area contributed by atoms with E-state index in [0.717, 1.165) is 19.8 Å². The first-order valence-corrected chi connectivity index (χ1v) is 7.58. The van der Waals surface area contributed by atoms with Crippen molar-refractivity contribution in [3.05, 3.63) is 57.8 Å². The van der Waals surface area contributed by atoms with E-state index in [1.54, 1.807) is 24.8 Å². The molecule has 2 aromatic rings. The molecule has 2 N–H and O–H groups in total. The Morgan fingerprint density at radius 3 is 2.53 bits per heavy atom. The summed E-state index contributed by atoms with van der Waals surface area (Å²) in [4.78, 5) is 2.09. The van der Waals surface area contributed by atoms with Crippen molar-refractivity contribution in [2.45, 2.75) is 29.7 Å². The van der Waals surface area contributed by atoms with Gasteiger partial charge in [0, 0.05) is 20.3 Å². The first-order valence-electron chi connectivity index (χ1n) is 5.97. The van der Waals surface area contributed by atoms with Crippen LogP contribution in [0.3, 0.4) is 0 Å². The van der Waals surface area contributed by atoms with Gasteiger partial charge in [-0.15, -0.1) is 0 Å². The molecule has 0 unspecified atom stereocenters. The maximum atomic E-state index is 13.7. The summed E-state index contributed by atoms with van der Waals surface area (Å²) in [6.07, 6.45) is 0. The van der Waals surface area contributed by atoms with Crippen molar-refractivity contribution in [2.75, 3.05) is 0 Å². The highest BCUT2D eigenvalue weighted by atomic mass is 79.9. The van der Waals surface area contributed by atoms with Crippen LogP contribution >= 0.6 is 27.7 Å². The monoisotopic (exact) mass is 339 g/mol. The minimum atomic E-state index is -0.205. The number of hydrogen-bond acceptors (Lipinski definition) is 2. The molecule has 0 fully saturated rings. The molecular formula is C15H15BrFNS. The quantitative estimate of drug-likeness (QED) is 0.844. The van der Waals surface area contributed by atoms with Gasteiger partial charge >= 0.3 is 0 Å². The maximum Gasteiger partial charge on any atom is 0.126 e. The highest BCUT2D eigenvalue weighted by Crippen LogP contribution is 2.37. The van der Waals surface area contributed by atoms with E-state index in [1.807, 2.05) is 37.3 Å². The van der Waals surface area contributed by atoms with Crippen LogP contribution in [-0.4, -0.2) is 0 Å². The van der Waals surface area contributed by atoms with Crippen molar-refractivity contribution in [2.24, 2.45) is 5.73 Å². The van der Waals surface area contributed by atoms with Crippen molar-refractivity contribution >= 4 is 27.7 Å². The van der Waals surface area contributed by atoms with Gasteiger partial charge in [-0.2, -0.15) is 0 Å². The predicted octanol–water partition coefficient (Wildman–Crippen LogP) is 5.07. The zero-order valence-electron chi connectivity index (χ0n) is 10.8. The molecule has 0 radical (unpaired) electrons. The Morgan fingerprint density at radius 1 is 1.21 bits per heavy atom. The number of hydrogen-bond donors (Lipinski definition) is 1. The van der Waals surface area contributed by atoms with Crippen LogP contribution in [0.25, 0.3) is 0 Å². The number of aryl methyl sites for hydroxylation is 1. The van der Waals surface area contributed by atoms with Gasteiger partial charge in [-0.25, -0.2) is 4.39 Å². The summed E-state index contributed by atoms with van der Waals surface area (Å²) >= 11 is 5.12. The Balaban J connectivity index is 2.45. The lowest BCUT2D eigenvalue weighted by Gasteiger charge is -2.14. The molecule has 2 aromatic carbocycles. The number of nitrogens with two attached hydrogens (primary N) is 1. The van der Waals surface area contributed by atoms with Crippen molar-refractivity contribution in [3.63, 3.8) is 0 Å². The predicted molar refractivity (Wildman–Crippen MR) is 82.0 cm³/mol. The molecule has 0 saturated heterocycles.